The van der Waals surface area contributed by atoms with Gasteiger partial charge < -0.3 is 15.2 Å². The average Bonchev–Trinajstić information content (AvgIpc) is 2.60. The summed E-state index contributed by atoms with van der Waals surface area (Å²) in [6.45, 7) is 1.56. The standard InChI is InChI=1S/C18H18BrN3O4/c1-12-4-2-3-5-15(12)26-11-18(24)22-21-9-13-6-7-16(14(19)8-13)25-10-17(20)23/h2-9H,10-11H2,1H3,(H2,20,23)(H,22,24)/b21-9-. The summed E-state index contributed by atoms with van der Waals surface area (Å²) >= 11 is 3.33. The van der Waals surface area contributed by atoms with Crippen molar-refractivity contribution in [2.24, 2.45) is 10.8 Å². The zero-order chi connectivity index (χ0) is 18.9. The molecule has 2 rings (SSSR count). The molecule has 0 atom stereocenters. The Bertz CT molecular complexity index is 824. The molecule has 0 heterocycles. The summed E-state index contributed by atoms with van der Waals surface area (Å²) in [5, 5.41) is 3.88. The van der Waals surface area contributed by atoms with Gasteiger partial charge in [0.15, 0.2) is 13.2 Å². The normalized spacial score (nSPS) is 10.5. The molecular weight excluding hydrogens is 402 g/mol. The second kappa shape index (κ2) is 9.57. The third-order valence-corrected chi connectivity index (χ3v) is 3.80. The second-order valence-corrected chi connectivity index (χ2v) is 6.15. The lowest BCUT2D eigenvalue weighted by Crippen LogP contribution is -2.24. The number of aryl methyl sites for hydroxylation is 1. The summed E-state index contributed by atoms with van der Waals surface area (Å²) in [7, 11) is 0. The van der Waals surface area contributed by atoms with Crippen LogP contribution in [0.25, 0.3) is 0 Å². The summed E-state index contributed by atoms with van der Waals surface area (Å²) in [5.74, 6) is 0.210. The fourth-order valence-corrected chi connectivity index (χ4v) is 2.45. The van der Waals surface area contributed by atoms with Crippen molar-refractivity contribution in [3.8, 4) is 11.5 Å². The smallest absolute Gasteiger partial charge is 0.277 e. The monoisotopic (exact) mass is 419 g/mol. The zero-order valence-electron chi connectivity index (χ0n) is 14.1. The lowest BCUT2D eigenvalue weighted by atomic mass is 10.2. The van der Waals surface area contributed by atoms with Crippen LogP contribution < -0.4 is 20.6 Å². The number of hydrazone groups is 1. The molecular formula is C18H18BrN3O4. The number of hydrogen-bond acceptors (Lipinski definition) is 5. The van der Waals surface area contributed by atoms with Crippen LogP contribution in [0.5, 0.6) is 11.5 Å². The van der Waals surface area contributed by atoms with E-state index in [4.69, 9.17) is 15.2 Å². The Labute approximate surface area is 159 Å². The summed E-state index contributed by atoms with van der Waals surface area (Å²) in [5.41, 5.74) is 9.10. The van der Waals surface area contributed by atoms with Crippen molar-refractivity contribution in [2.45, 2.75) is 6.92 Å². The van der Waals surface area contributed by atoms with E-state index in [-0.39, 0.29) is 19.1 Å². The van der Waals surface area contributed by atoms with Crippen molar-refractivity contribution < 1.29 is 19.1 Å². The van der Waals surface area contributed by atoms with Crippen LogP contribution in [-0.4, -0.2) is 31.2 Å². The number of rotatable bonds is 8. The molecule has 8 heteroatoms. The second-order valence-electron chi connectivity index (χ2n) is 5.29. The van der Waals surface area contributed by atoms with Gasteiger partial charge in [-0.2, -0.15) is 5.10 Å². The van der Waals surface area contributed by atoms with E-state index in [0.29, 0.717) is 16.0 Å². The lowest BCUT2D eigenvalue weighted by Gasteiger charge is -2.07. The molecule has 0 aliphatic carbocycles. The molecule has 0 unspecified atom stereocenters. The SMILES string of the molecule is Cc1ccccc1OCC(=O)N/N=C\c1ccc(OCC(N)=O)c(Br)c1. The third-order valence-electron chi connectivity index (χ3n) is 3.18. The predicted molar refractivity (Wildman–Crippen MR) is 101 cm³/mol. The Morgan fingerprint density at radius 2 is 1.88 bits per heavy atom. The predicted octanol–water partition coefficient (Wildman–Crippen LogP) is 2.15. The van der Waals surface area contributed by atoms with Crippen LogP contribution in [0, 0.1) is 6.92 Å². The maximum atomic E-state index is 11.8. The van der Waals surface area contributed by atoms with Gasteiger partial charge in [0.25, 0.3) is 11.8 Å². The van der Waals surface area contributed by atoms with Gasteiger partial charge >= 0.3 is 0 Å². The molecule has 0 bridgehead atoms. The van der Waals surface area contributed by atoms with Crippen LogP contribution in [0.1, 0.15) is 11.1 Å². The van der Waals surface area contributed by atoms with Crippen LogP contribution in [0.2, 0.25) is 0 Å². The van der Waals surface area contributed by atoms with Crippen LogP contribution in [0.3, 0.4) is 0 Å². The van der Waals surface area contributed by atoms with Crippen molar-refractivity contribution in [1.82, 2.24) is 5.43 Å². The van der Waals surface area contributed by atoms with Crippen LogP contribution >= 0.6 is 15.9 Å². The number of para-hydroxylation sites is 1. The van der Waals surface area contributed by atoms with E-state index in [0.717, 1.165) is 11.1 Å². The summed E-state index contributed by atoms with van der Waals surface area (Å²) in [6, 6.07) is 12.6. The average molecular weight is 420 g/mol. The van der Waals surface area contributed by atoms with Crippen LogP contribution in [-0.2, 0) is 9.59 Å². The molecule has 0 aromatic heterocycles. The first-order valence-corrected chi connectivity index (χ1v) is 8.46. The Hall–Kier alpha value is -2.87. The molecule has 2 aromatic rings. The number of hydrogen-bond donors (Lipinski definition) is 2. The molecule has 0 spiro atoms. The number of ether oxygens (including phenoxy) is 2. The van der Waals surface area contributed by atoms with Gasteiger partial charge in [0.05, 0.1) is 10.7 Å². The summed E-state index contributed by atoms with van der Waals surface area (Å²) < 4.78 is 11.3. The first-order chi connectivity index (χ1) is 12.5. The largest absolute Gasteiger partial charge is 0.483 e. The molecule has 2 amide bonds. The quantitative estimate of drug-likeness (QED) is 0.505. The van der Waals surface area contributed by atoms with E-state index < -0.39 is 5.91 Å². The molecule has 0 aliphatic heterocycles. The van der Waals surface area contributed by atoms with E-state index in [1.54, 1.807) is 24.3 Å². The zero-order valence-corrected chi connectivity index (χ0v) is 15.7. The van der Waals surface area contributed by atoms with Gasteiger partial charge in [-0.1, -0.05) is 18.2 Å². The van der Waals surface area contributed by atoms with Crippen molar-refractivity contribution in [3.63, 3.8) is 0 Å². The van der Waals surface area contributed by atoms with E-state index in [1.807, 2.05) is 25.1 Å². The number of carbonyl (C=O) groups is 2. The topological polar surface area (TPSA) is 103 Å². The summed E-state index contributed by atoms with van der Waals surface area (Å²) in [6.07, 6.45) is 1.48. The van der Waals surface area contributed by atoms with Crippen molar-refractivity contribution in [2.75, 3.05) is 13.2 Å². The highest BCUT2D eigenvalue weighted by Crippen LogP contribution is 2.25. The molecule has 26 heavy (non-hydrogen) atoms. The van der Waals surface area contributed by atoms with Crippen LogP contribution in [0.4, 0.5) is 0 Å². The first-order valence-electron chi connectivity index (χ1n) is 7.66. The van der Waals surface area contributed by atoms with Crippen LogP contribution in [0.15, 0.2) is 52.0 Å². The molecule has 0 radical (unpaired) electrons. The van der Waals surface area contributed by atoms with E-state index in [1.165, 1.54) is 6.21 Å². The fraction of sp³-hybridized carbons (Fsp3) is 0.167. The van der Waals surface area contributed by atoms with Gasteiger partial charge in [0.1, 0.15) is 11.5 Å². The van der Waals surface area contributed by atoms with Gasteiger partial charge in [-0.25, -0.2) is 5.43 Å². The Morgan fingerprint density at radius 3 is 2.58 bits per heavy atom. The number of benzene rings is 2. The Kier molecular flexibility index (Phi) is 7.16. The molecule has 0 saturated carbocycles. The van der Waals surface area contributed by atoms with E-state index in [9.17, 15) is 9.59 Å². The number of nitrogens with one attached hydrogen (secondary N) is 1. The number of nitrogens with zero attached hydrogens (tertiary/aromatic N) is 1. The third kappa shape index (κ3) is 6.21. The molecule has 7 nitrogen and oxygen atoms in total. The molecule has 3 N–H and O–H groups in total. The highest BCUT2D eigenvalue weighted by molar-refractivity contribution is 9.10. The number of amides is 2. The molecule has 0 aliphatic rings. The molecule has 2 aromatic carbocycles. The van der Waals surface area contributed by atoms with Gasteiger partial charge in [0.2, 0.25) is 0 Å². The minimum absolute atomic E-state index is 0.133. The minimum atomic E-state index is -0.557. The maximum Gasteiger partial charge on any atom is 0.277 e. The highest BCUT2D eigenvalue weighted by Gasteiger charge is 2.05. The fourth-order valence-electron chi connectivity index (χ4n) is 1.94. The minimum Gasteiger partial charge on any atom is -0.483 e. The van der Waals surface area contributed by atoms with Gasteiger partial charge in [-0.3, -0.25) is 9.59 Å². The van der Waals surface area contributed by atoms with Crippen molar-refractivity contribution >= 4 is 34.0 Å². The molecule has 0 saturated heterocycles. The summed E-state index contributed by atoms with van der Waals surface area (Å²) in [4.78, 5) is 22.5. The van der Waals surface area contributed by atoms with E-state index >= 15 is 0 Å². The van der Waals surface area contributed by atoms with Crippen molar-refractivity contribution in [3.05, 3.63) is 58.1 Å². The number of halogens is 1. The van der Waals surface area contributed by atoms with E-state index in [2.05, 4.69) is 26.5 Å². The highest BCUT2D eigenvalue weighted by atomic mass is 79.9. The number of carbonyl (C=O) groups excluding carboxylic acids is 2. The Morgan fingerprint density at radius 1 is 1.15 bits per heavy atom. The molecule has 0 fully saturated rings. The van der Waals surface area contributed by atoms with Gasteiger partial charge in [-0.15, -0.1) is 0 Å². The lowest BCUT2D eigenvalue weighted by molar-refractivity contribution is -0.123. The Balaban J connectivity index is 1.83. The maximum absolute atomic E-state index is 11.8. The van der Waals surface area contributed by atoms with Gasteiger partial charge in [-0.05, 0) is 58.2 Å². The van der Waals surface area contributed by atoms with Gasteiger partial charge in [0, 0.05) is 0 Å². The number of primary amides is 1. The van der Waals surface area contributed by atoms with Crippen molar-refractivity contribution in [1.29, 1.82) is 0 Å². The number of nitrogens with two attached hydrogens (primary N) is 1. The molecule has 136 valence electrons. The first kappa shape index (κ1) is 19.5.